The standard InChI is InChI=1S/C30H32ClN3O2/c31-28-14-13-24-26(34(28)36)12-7-16-30(24)20-32-19-25(30)29(35)33-17-15-23(21-8-3-1-4-9-21)18-27(33)22-10-5-2-6-11-22/h1-6,8-11,13-14,23,25,27,32H,7,12,15-20H2/t23-,25-,27+,30-/m0/s1. The van der Waals surface area contributed by atoms with Crippen molar-refractivity contribution in [2.24, 2.45) is 5.92 Å². The Labute approximate surface area is 217 Å². The van der Waals surface area contributed by atoms with E-state index in [1.807, 2.05) is 12.1 Å². The van der Waals surface area contributed by atoms with Crippen LogP contribution in [0.25, 0.3) is 0 Å². The highest BCUT2D eigenvalue weighted by atomic mass is 35.5. The zero-order valence-corrected chi connectivity index (χ0v) is 21.2. The summed E-state index contributed by atoms with van der Waals surface area (Å²) in [6.07, 6.45) is 4.37. The topological polar surface area (TPSA) is 59.3 Å². The second-order valence-corrected chi connectivity index (χ2v) is 11.0. The SMILES string of the molecule is O=C([C@@H]1CNC[C@]12CCCc1c2ccc(Cl)[n+]1[O-])N1CC[C@H](c2ccccc2)C[C@@H]1c1ccccc1. The van der Waals surface area contributed by atoms with Crippen LogP contribution >= 0.6 is 11.6 Å². The molecule has 1 aliphatic carbocycles. The number of halogens is 1. The Kier molecular flexibility index (Phi) is 6.22. The summed E-state index contributed by atoms with van der Waals surface area (Å²) in [5.74, 6) is 0.436. The van der Waals surface area contributed by atoms with Crippen molar-refractivity contribution in [3.63, 3.8) is 0 Å². The van der Waals surface area contributed by atoms with Crippen molar-refractivity contribution in [1.29, 1.82) is 0 Å². The average molecular weight is 502 g/mol. The maximum atomic E-state index is 14.4. The van der Waals surface area contributed by atoms with Crippen LogP contribution in [0.1, 0.15) is 60.0 Å². The van der Waals surface area contributed by atoms with E-state index in [-0.39, 0.29) is 28.4 Å². The third kappa shape index (κ3) is 3.89. The minimum atomic E-state index is -0.362. The highest BCUT2D eigenvalue weighted by molar-refractivity contribution is 6.28. The largest absolute Gasteiger partial charge is 0.617 e. The van der Waals surface area contributed by atoms with Gasteiger partial charge >= 0.3 is 0 Å². The number of benzene rings is 2. The fourth-order valence-corrected chi connectivity index (χ4v) is 7.19. The number of hydrogen-bond donors (Lipinski definition) is 1. The molecule has 2 fully saturated rings. The molecule has 1 spiro atoms. The third-order valence-corrected chi connectivity index (χ3v) is 9.08. The van der Waals surface area contributed by atoms with Gasteiger partial charge in [-0.15, -0.1) is 0 Å². The van der Waals surface area contributed by atoms with Gasteiger partial charge in [-0.05, 0) is 60.4 Å². The van der Waals surface area contributed by atoms with Crippen molar-refractivity contribution in [2.75, 3.05) is 19.6 Å². The number of carbonyl (C=O) groups excluding carboxylic acids is 1. The molecule has 3 aromatic rings. The lowest BCUT2D eigenvalue weighted by atomic mass is 9.65. The first kappa shape index (κ1) is 23.5. The van der Waals surface area contributed by atoms with Gasteiger partial charge in [0, 0.05) is 43.1 Å². The molecule has 4 atom stereocenters. The summed E-state index contributed by atoms with van der Waals surface area (Å²) in [4.78, 5) is 16.6. The van der Waals surface area contributed by atoms with E-state index in [1.165, 1.54) is 11.1 Å². The number of fused-ring (bicyclic) bond motifs is 2. The number of carbonyl (C=O) groups is 1. The highest BCUT2D eigenvalue weighted by Gasteiger charge is 2.53. The van der Waals surface area contributed by atoms with E-state index < -0.39 is 0 Å². The van der Waals surface area contributed by atoms with Crippen LogP contribution in [0.5, 0.6) is 0 Å². The molecule has 0 radical (unpaired) electrons. The van der Waals surface area contributed by atoms with Gasteiger partial charge in [0.1, 0.15) is 0 Å². The number of rotatable bonds is 3. The summed E-state index contributed by atoms with van der Waals surface area (Å²) in [6.45, 7) is 2.09. The molecule has 36 heavy (non-hydrogen) atoms. The van der Waals surface area contributed by atoms with Crippen LogP contribution < -0.4 is 10.0 Å². The first-order valence-corrected chi connectivity index (χ1v) is 13.5. The fraction of sp³-hybridized carbons (Fsp3) is 0.400. The number of nitrogens with one attached hydrogen (secondary N) is 1. The molecule has 6 rings (SSSR count). The van der Waals surface area contributed by atoms with E-state index in [9.17, 15) is 10.0 Å². The number of piperidine rings is 1. The Morgan fingerprint density at radius 1 is 1.03 bits per heavy atom. The number of likely N-dealkylation sites (tertiary alicyclic amines) is 1. The molecular formula is C30H32ClN3O2. The van der Waals surface area contributed by atoms with Crippen molar-refractivity contribution < 1.29 is 9.52 Å². The molecule has 2 saturated heterocycles. The monoisotopic (exact) mass is 501 g/mol. The van der Waals surface area contributed by atoms with E-state index in [0.717, 1.165) is 48.2 Å². The Morgan fingerprint density at radius 2 is 1.75 bits per heavy atom. The summed E-state index contributed by atoms with van der Waals surface area (Å²) in [5, 5.41) is 16.5. The first-order chi connectivity index (χ1) is 17.6. The second-order valence-electron chi connectivity index (χ2n) is 10.6. The Hall–Kier alpha value is -2.89. The molecule has 0 unspecified atom stereocenters. The molecule has 2 aliphatic heterocycles. The number of nitrogens with zero attached hydrogens (tertiary/aromatic N) is 2. The normalized spacial score (nSPS) is 27.7. The van der Waals surface area contributed by atoms with E-state index >= 15 is 0 Å². The molecule has 5 nitrogen and oxygen atoms in total. The molecule has 0 saturated carbocycles. The zero-order valence-electron chi connectivity index (χ0n) is 20.4. The van der Waals surface area contributed by atoms with Crippen LogP contribution in [0.4, 0.5) is 0 Å². The van der Waals surface area contributed by atoms with E-state index in [1.54, 1.807) is 6.07 Å². The van der Waals surface area contributed by atoms with Gasteiger partial charge in [-0.25, -0.2) is 0 Å². The first-order valence-electron chi connectivity index (χ1n) is 13.1. The number of pyridine rings is 1. The number of hydrogen-bond acceptors (Lipinski definition) is 3. The third-order valence-electron chi connectivity index (χ3n) is 8.81. The van der Waals surface area contributed by atoms with Crippen molar-refractivity contribution in [1.82, 2.24) is 10.2 Å². The Morgan fingerprint density at radius 3 is 2.50 bits per heavy atom. The van der Waals surface area contributed by atoms with Gasteiger partial charge in [0.2, 0.25) is 5.91 Å². The summed E-state index contributed by atoms with van der Waals surface area (Å²) in [7, 11) is 0. The van der Waals surface area contributed by atoms with E-state index in [0.29, 0.717) is 25.4 Å². The minimum Gasteiger partial charge on any atom is -0.617 e. The Balaban J connectivity index is 1.35. The van der Waals surface area contributed by atoms with Crippen LogP contribution in [-0.2, 0) is 16.6 Å². The Bertz CT molecular complexity index is 1250. The smallest absolute Gasteiger partial charge is 0.286 e. The van der Waals surface area contributed by atoms with Crippen LogP contribution in [0.2, 0.25) is 5.15 Å². The molecule has 3 aliphatic rings. The molecular weight excluding hydrogens is 470 g/mol. The molecule has 1 amide bonds. The van der Waals surface area contributed by atoms with E-state index in [4.69, 9.17) is 11.6 Å². The van der Waals surface area contributed by atoms with Crippen LogP contribution in [0, 0.1) is 11.1 Å². The highest BCUT2D eigenvalue weighted by Crippen LogP contribution is 2.47. The number of aromatic nitrogens is 1. The molecule has 1 aromatic heterocycles. The lowest BCUT2D eigenvalue weighted by molar-refractivity contribution is -0.612. The van der Waals surface area contributed by atoms with Crippen molar-refractivity contribution >= 4 is 17.5 Å². The van der Waals surface area contributed by atoms with Gasteiger partial charge in [0.15, 0.2) is 5.69 Å². The van der Waals surface area contributed by atoms with Gasteiger partial charge in [0.25, 0.3) is 5.15 Å². The minimum absolute atomic E-state index is 0.0352. The van der Waals surface area contributed by atoms with Crippen molar-refractivity contribution in [2.45, 2.75) is 49.5 Å². The molecule has 2 aromatic carbocycles. The lowest BCUT2D eigenvalue weighted by Crippen LogP contribution is -2.52. The van der Waals surface area contributed by atoms with Gasteiger partial charge in [-0.1, -0.05) is 60.7 Å². The zero-order chi connectivity index (χ0) is 24.7. The molecule has 1 N–H and O–H groups in total. The summed E-state index contributed by atoms with van der Waals surface area (Å²) in [5.41, 5.74) is 3.92. The fourth-order valence-electron chi connectivity index (χ4n) is 7.03. The van der Waals surface area contributed by atoms with Crippen LogP contribution in [0.15, 0.2) is 72.8 Å². The molecule has 6 heteroatoms. The lowest BCUT2D eigenvalue weighted by Gasteiger charge is -2.44. The molecule has 3 heterocycles. The van der Waals surface area contributed by atoms with Gasteiger partial charge in [-0.3, -0.25) is 4.79 Å². The molecule has 186 valence electrons. The average Bonchev–Trinajstić information content (AvgIpc) is 3.35. The van der Waals surface area contributed by atoms with Gasteiger partial charge in [-0.2, -0.15) is 4.73 Å². The summed E-state index contributed by atoms with van der Waals surface area (Å²) >= 11 is 6.17. The predicted octanol–water partition coefficient (Wildman–Crippen LogP) is 4.91. The maximum Gasteiger partial charge on any atom is 0.286 e. The van der Waals surface area contributed by atoms with Crippen LogP contribution in [0.3, 0.4) is 0 Å². The second kappa shape index (κ2) is 9.53. The van der Waals surface area contributed by atoms with Crippen LogP contribution in [-0.4, -0.2) is 30.4 Å². The predicted molar refractivity (Wildman–Crippen MR) is 141 cm³/mol. The molecule has 0 bridgehead atoms. The maximum absolute atomic E-state index is 14.4. The van der Waals surface area contributed by atoms with Gasteiger partial charge in [0.05, 0.1) is 12.0 Å². The number of amides is 1. The quantitative estimate of drug-likeness (QED) is 0.315. The van der Waals surface area contributed by atoms with Gasteiger partial charge < -0.3 is 15.4 Å². The van der Waals surface area contributed by atoms with E-state index in [2.05, 4.69) is 64.8 Å². The summed E-state index contributed by atoms with van der Waals surface area (Å²) in [6, 6.07) is 24.9. The van der Waals surface area contributed by atoms with Crippen molar-refractivity contribution in [3.05, 3.63) is 106 Å². The van der Waals surface area contributed by atoms with Crippen molar-refractivity contribution in [3.8, 4) is 0 Å². The summed E-state index contributed by atoms with van der Waals surface area (Å²) < 4.78 is 0.871.